The van der Waals surface area contributed by atoms with Crippen molar-refractivity contribution >= 4 is 11.5 Å². The Morgan fingerprint density at radius 2 is 2.25 bits per heavy atom. The highest BCUT2D eigenvalue weighted by Crippen LogP contribution is 2.25. The molecular weight excluding hydrogens is 258 g/mol. The lowest BCUT2D eigenvalue weighted by Crippen LogP contribution is -2.48. The lowest BCUT2D eigenvalue weighted by molar-refractivity contribution is -0.0421. The zero-order chi connectivity index (χ0) is 14.7. The van der Waals surface area contributed by atoms with Crippen LogP contribution >= 0.6 is 0 Å². The number of aryl methyl sites for hydroxylation is 1. The molecule has 0 bridgehead atoms. The summed E-state index contributed by atoms with van der Waals surface area (Å²) in [5.74, 6) is 0.0865. The lowest BCUT2D eigenvalue weighted by Gasteiger charge is -2.38. The Balaban J connectivity index is 2.36. The van der Waals surface area contributed by atoms with Gasteiger partial charge in [-0.2, -0.15) is 0 Å². The number of morpholine rings is 1. The molecular formula is C14H21N3O3. The average Bonchev–Trinajstić information content (AvgIpc) is 2.45. The van der Waals surface area contributed by atoms with Crippen LogP contribution in [0.3, 0.4) is 0 Å². The standard InChI is InChI=1S/C14H21N3O3/c1-9-3-4-13(12(5-9)14(15)16-19)17-6-10(2)20-11(7-17)8-18/h3-5,10-11,18-19H,6-8H2,1-2H3,(H2,15,16). The first kappa shape index (κ1) is 14.6. The number of amidine groups is 1. The molecule has 1 aliphatic heterocycles. The number of rotatable bonds is 3. The van der Waals surface area contributed by atoms with E-state index in [9.17, 15) is 5.11 Å². The summed E-state index contributed by atoms with van der Waals surface area (Å²) in [7, 11) is 0. The third kappa shape index (κ3) is 3.02. The number of aliphatic hydroxyl groups is 1. The number of nitrogens with two attached hydrogens (primary N) is 1. The van der Waals surface area contributed by atoms with Crippen LogP contribution < -0.4 is 10.6 Å². The number of benzene rings is 1. The van der Waals surface area contributed by atoms with Crippen molar-refractivity contribution in [1.82, 2.24) is 0 Å². The van der Waals surface area contributed by atoms with Crippen LogP contribution in [0.4, 0.5) is 5.69 Å². The van der Waals surface area contributed by atoms with Crippen molar-refractivity contribution < 1.29 is 15.1 Å². The Hall–Kier alpha value is -1.79. The number of hydrogen-bond donors (Lipinski definition) is 3. The second-order valence-electron chi connectivity index (χ2n) is 5.16. The first-order valence-corrected chi connectivity index (χ1v) is 6.65. The maximum Gasteiger partial charge on any atom is 0.172 e. The van der Waals surface area contributed by atoms with E-state index in [1.54, 1.807) is 0 Å². The monoisotopic (exact) mass is 279 g/mol. The SMILES string of the molecule is Cc1ccc(N2CC(C)OC(CO)C2)c(/C(N)=N/O)c1. The van der Waals surface area contributed by atoms with E-state index in [2.05, 4.69) is 10.1 Å². The van der Waals surface area contributed by atoms with Gasteiger partial charge < -0.3 is 25.7 Å². The molecule has 1 heterocycles. The Kier molecular flexibility index (Phi) is 4.46. The average molecular weight is 279 g/mol. The molecule has 1 aromatic rings. The van der Waals surface area contributed by atoms with Gasteiger partial charge in [0.05, 0.1) is 18.8 Å². The van der Waals surface area contributed by atoms with E-state index in [1.165, 1.54) is 0 Å². The molecule has 1 saturated heterocycles. The quantitative estimate of drug-likeness (QED) is 0.327. The zero-order valence-corrected chi connectivity index (χ0v) is 11.8. The molecule has 1 fully saturated rings. The molecule has 0 amide bonds. The van der Waals surface area contributed by atoms with Gasteiger partial charge in [-0.1, -0.05) is 16.8 Å². The van der Waals surface area contributed by atoms with Crippen molar-refractivity contribution in [2.75, 3.05) is 24.6 Å². The summed E-state index contributed by atoms with van der Waals surface area (Å²) in [6, 6.07) is 5.82. The van der Waals surface area contributed by atoms with Crippen molar-refractivity contribution in [2.24, 2.45) is 10.9 Å². The number of aliphatic hydroxyl groups excluding tert-OH is 1. The van der Waals surface area contributed by atoms with Crippen molar-refractivity contribution in [2.45, 2.75) is 26.1 Å². The molecule has 4 N–H and O–H groups in total. The van der Waals surface area contributed by atoms with Crippen LogP contribution in [0, 0.1) is 6.92 Å². The van der Waals surface area contributed by atoms with Crippen molar-refractivity contribution in [3.63, 3.8) is 0 Å². The van der Waals surface area contributed by atoms with Crippen molar-refractivity contribution in [3.05, 3.63) is 29.3 Å². The molecule has 2 unspecified atom stereocenters. The molecule has 1 aliphatic rings. The van der Waals surface area contributed by atoms with Gasteiger partial charge in [-0.05, 0) is 26.0 Å². The van der Waals surface area contributed by atoms with Crippen LogP contribution in [-0.2, 0) is 4.74 Å². The molecule has 6 heteroatoms. The molecule has 2 atom stereocenters. The molecule has 0 radical (unpaired) electrons. The van der Waals surface area contributed by atoms with Gasteiger partial charge in [0.2, 0.25) is 0 Å². The second kappa shape index (κ2) is 6.11. The van der Waals surface area contributed by atoms with Crippen LogP contribution in [0.5, 0.6) is 0 Å². The van der Waals surface area contributed by atoms with E-state index < -0.39 is 0 Å². The van der Waals surface area contributed by atoms with Gasteiger partial charge in [-0.25, -0.2) is 0 Å². The van der Waals surface area contributed by atoms with Crippen LogP contribution in [0.2, 0.25) is 0 Å². The maximum absolute atomic E-state index is 9.30. The minimum atomic E-state index is -0.222. The Labute approximate surface area is 118 Å². The topological polar surface area (TPSA) is 91.3 Å². The number of ether oxygens (including phenoxy) is 1. The Morgan fingerprint density at radius 3 is 2.90 bits per heavy atom. The fraction of sp³-hybridized carbons (Fsp3) is 0.500. The maximum atomic E-state index is 9.30. The molecule has 2 rings (SSSR count). The predicted octanol–water partition coefficient (Wildman–Crippen LogP) is 0.676. The molecule has 110 valence electrons. The third-order valence-corrected chi connectivity index (χ3v) is 3.41. The lowest BCUT2D eigenvalue weighted by atomic mass is 10.1. The van der Waals surface area contributed by atoms with Gasteiger partial charge in [0.15, 0.2) is 5.84 Å². The van der Waals surface area contributed by atoms with E-state index in [-0.39, 0.29) is 24.7 Å². The van der Waals surface area contributed by atoms with Gasteiger partial charge >= 0.3 is 0 Å². The van der Waals surface area contributed by atoms with E-state index in [0.29, 0.717) is 18.7 Å². The number of oxime groups is 1. The van der Waals surface area contributed by atoms with Gasteiger partial charge in [0.25, 0.3) is 0 Å². The molecule has 6 nitrogen and oxygen atoms in total. The number of nitrogens with zero attached hydrogens (tertiary/aromatic N) is 2. The Bertz CT molecular complexity index is 504. The summed E-state index contributed by atoms with van der Waals surface area (Å²) >= 11 is 0. The summed E-state index contributed by atoms with van der Waals surface area (Å²) < 4.78 is 5.64. The molecule has 20 heavy (non-hydrogen) atoms. The Morgan fingerprint density at radius 1 is 1.50 bits per heavy atom. The molecule has 0 aliphatic carbocycles. The summed E-state index contributed by atoms with van der Waals surface area (Å²) in [4.78, 5) is 2.10. The zero-order valence-electron chi connectivity index (χ0n) is 11.8. The molecule has 0 spiro atoms. The fourth-order valence-electron chi connectivity index (χ4n) is 2.53. The predicted molar refractivity (Wildman–Crippen MR) is 77.3 cm³/mol. The second-order valence-corrected chi connectivity index (χ2v) is 5.16. The van der Waals surface area contributed by atoms with Crippen LogP contribution in [-0.4, -0.2) is 48.1 Å². The summed E-state index contributed by atoms with van der Waals surface area (Å²) in [5.41, 5.74) is 8.38. The van der Waals surface area contributed by atoms with E-state index in [1.807, 2.05) is 32.0 Å². The highest BCUT2D eigenvalue weighted by Gasteiger charge is 2.26. The van der Waals surface area contributed by atoms with Crippen LogP contribution in [0.1, 0.15) is 18.1 Å². The van der Waals surface area contributed by atoms with Gasteiger partial charge in [-0.15, -0.1) is 0 Å². The number of anilines is 1. The van der Waals surface area contributed by atoms with Crippen LogP contribution in [0.25, 0.3) is 0 Å². The highest BCUT2D eigenvalue weighted by atomic mass is 16.5. The van der Waals surface area contributed by atoms with Crippen molar-refractivity contribution in [1.29, 1.82) is 0 Å². The smallest absolute Gasteiger partial charge is 0.172 e. The summed E-state index contributed by atoms with van der Waals surface area (Å²) in [5, 5.41) is 21.3. The van der Waals surface area contributed by atoms with Crippen LogP contribution in [0.15, 0.2) is 23.4 Å². The molecule has 0 aromatic heterocycles. The number of hydrogen-bond acceptors (Lipinski definition) is 5. The van der Waals surface area contributed by atoms with Gasteiger partial charge in [-0.3, -0.25) is 0 Å². The molecule has 1 aromatic carbocycles. The fourth-order valence-corrected chi connectivity index (χ4v) is 2.53. The van der Waals surface area contributed by atoms with E-state index in [0.717, 1.165) is 11.3 Å². The summed E-state index contributed by atoms with van der Waals surface area (Å²) in [6.07, 6.45) is -0.206. The summed E-state index contributed by atoms with van der Waals surface area (Å²) in [6.45, 7) is 5.18. The normalized spacial score (nSPS) is 23.9. The highest BCUT2D eigenvalue weighted by molar-refractivity contribution is 6.02. The minimum Gasteiger partial charge on any atom is -0.409 e. The minimum absolute atomic E-state index is 0.0161. The van der Waals surface area contributed by atoms with E-state index >= 15 is 0 Å². The third-order valence-electron chi connectivity index (χ3n) is 3.41. The first-order valence-electron chi connectivity index (χ1n) is 6.65. The van der Waals surface area contributed by atoms with Crippen molar-refractivity contribution in [3.8, 4) is 0 Å². The van der Waals surface area contributed by atoms with E-state index in [4.69, 9.17) is 15.7 Å². The van der Waals surface area contributed by atoms with Gasteiger partial charge in [0.1, 0.15) is 0 Å². The largest absolute Gasteiger partial charge is 0.409 e. The van der Waals surface area contributed by atoms with Gasteiger partial charge in [0, 0.05) is 24.3 Å². The molecule has 0 saturated carbocycles. The first-order chi connectivity index (χ1) is 9.55.